The van der Waals surface area contributed by atoms with Gasteiger partial charge < -0.3 is 14.8 Å². The number of aromatic nitrogens is 3. The summed E-state index contributed by atoms with van der Waals surface area (Å²) in [7, 11) is 1.76. The van der Waals surface area contributed by atoms with Gasteiger partial charge in [-0.05, 0) is 38.0 Å². The van der Waals surface area contributed by atoms with E-state index in [1.165, 1.54) is 6.42 Å². The second-order valence-corrected chi connectivity index (χ2v) is 5.56. The van der Waals surface area contributed by atoms with E-state index in [1.807, 2.05) is 6.92 Å². The number of nitrogens with one attached hydrogen (secondary N) is 1. The molecule has 6 heteroatoms. The molecule has 1 fully saturated rings. The van der Waals surface area contributed by atoms with Crippen LogP contribution >= 0.6 is 0 Å². The summed E-state index contributed by atoms with van der Waals surface area (Å²) in [5.41, 5.74) is 0. The maximum atomic E-state index is 5.94. The first-order valence-corrected chi connectivity index (χ1v) is 7.34. The topological polar surface area (TPSA) is 69.2 Å². The van der Waals surface area contributed by atoms with Crippen LogP contribution in [-0.2, 0) is 0 Å². The third kappa shape index (κ3) is 3.95. The Morgan fingerprint density at radius 2 is 1.70 bits per heavy atom. The molecule has 2 atom stereocenters. The molecule has 6 nitrogen and oxygen atoms in total. The zero-order valence-corrected chi connectivity index (χ0v) is 12.7. The number of ether oxygens (including phenoxy) is 2. The molecule has 0 aliphatic heterocycles. The average molecular weight is 280 g/mol. The minimum atomic E-state index is 0.176. The molecule has 0 bridgehead atoms. The van der Waals surface area contributed by atoms with Crippen LogP contribution in [0.1, 0.15) is 40.0 Å². The number of rotatable bonds is 5. The van der Waals surface area contributed by atoms with Gasteiger partial charge in [0.1, 0.15) is 6.10 Å². The third-order valence-corrected chi connectivity index (χ3v) is 3.50. The van der Waals surface area contributed by atoms with Gasteiger partial charge in [-0.3, -0.25) is 0 Å². The Labute approximate surface area is 120 Å². The summed E-state index contributed by atoms with van der Waals surface area (Å²) in [5.74, 6) is 1.83. The molecule has 1 heterocycles. The Bertz CT molecular complexity index is 431. The van der Waals surface area contributed by atoms with Gasteiger partial charge in [0.15, 0.2) is 0 Å². The maximum absolute atomic E-state index is 5.94. The van der Waals surface area contributed by atoms with Crippen molar-refractivity contribution in [3.8, 4) is 12.0 Å². The van der Waals surface area contributed by atoms with Crippen molar-refractivity contribution in [1.29, 1.82) is 0 Å². The smallest absolute Gasteiger partial charge is 0.324 e. The summed E-state index contributed by atoms with van der Waals surface area (Å²) in [4.78, 5) is 12.6. The first-order chi connectivity index (χ1) is 9.60. The van der Waals surface area contributed by atoms with E-state index < -0.39 is 0 Å². The Morgan fingerprint density at radius 3 is 2.30 bits per heavy atom. The summed E-state index contributed by atoms with van der Waals surface area (Å²) in [6.07, 6.45) is 3.54. The highest BCUT2D eigenvalue weighted by Crippen LogP contribution is 2.30. The van der Waals surface area contributed by atoms with Gasteiger partial charge in [-0.2, -0.15) is 9.97 Å². The summed E-state index contributed by atoms with van der Waals surface area (Å²) in [6, 6.07) is 0.651. The maximum Gasteiger partial charge on any atom is 0.324 e. The van der Waals surface area contributed by atoms with Crippen LogP contribution in [0.5, 0.6) is 12.0 Å². The number of anilines is 1. The number of nitrogens with zero attached hydrogens (tertiary/aromatic N) is 3. The molecule has 1 aromatic rings. The van der Waals surface area contributed by atoms with Crippen LogP contribution in [0.15, 0.2) is 0 Å². The van der Waals surface area contributed by atoms with Crippen molar-refractivity contribution in [2.45, 2.75) is 46.1 Å². The largest absolute Gasteiger partial charge is 0.464 e. The van der Waals surface area contributed by atoms with E-state index in [0.717, 1.165) is 12.8 Å². The van der Waals surface area contributed by atoms with Gasteiger partial charge in [0.05, 0.1) is 6.61 Å². The Balaban J connectivity index is 2.09. The minimum absolute atomic E-state index is 0.176. The van der Waals surface area contributed by atoms with Gasteiger partial charge in [0.2, 0.25) is 5.95 Å². The molecule has 0 saturated heterocycles. The lowest BCUT2D eigenvalue weighted by Crippen LogP contribution is -2.29. The molecule has 2 unspecified atom stereocenters. The van der Waals surface area contributed by atoms with Crippen LogP contribution in [0, 0.1) is 11.8 Å². The van der Waals surface area contributed by atoms with Crippen molar-refractivity contribution < 1.29 is 9.47 Å². The summed E-state index contributed by atoms with van der Waals surface area (Å²) in [5, 5.41) is 2.90. The van der Waals surface area contributed by atoms with E-state index in [0.29, 0.717) is 36.4 Å². The zero-order chi connectivity index (χ0) is 14.5. The quantitative estimate of drug-likeness (QED) is 0.893. The normalized spacial score (nSPS) is 26.1. The molecule has 1 aliphatic carbocycles. The SMILES string of the molecule is CCOc1nc(NC)nc(OC2CC(C)CC(C)C2)n1. The highest BCUT2D eigenvalue weighted by Gasteiger charge is 2.26. The van der Waals surface area contributed by atoms with Gasteiger partial charge in [0, 0.05) is 7.05 Å². The van der Waals surface area contributed by atoms with E-state index in [2.05, 4.69) is 34.1 Å². The van der Waals surface area contributed by atoms with E-state index >= 15 is 0 Å². The van der Waals surface area contributed by atoms with Crippen LogP contribution in [0.4, 0.5) is 5.95 Å². The first-order valence-electron chi connectivity index (χ1n) is 7.34. The van der Waals surface area contributed by atoms with Crippen molar-refractivity contribution >= 4 is 5.95 Å². The fraction of sp³-hybridized carbons (Fsp3) is 0.786. The van der Waals surface area contributed by atoms with E-state index in [9.17, 15) is 0 Å². The van der Waals surface area contributed by atoms with E-state index in [1.54, 1.807) is 7.05 Å². The predicted octanol–water partition coefficient (Wildman–Crippen LogP) is 2.52. The van der Waals surface area contributed by atoms with Crippen molar-refractivity contribution in [3.05, 3.63) is 0 Å². The zero-order valence-electron chi connectivity index (χ0n) is 12.7. The first kappa shape index (κ1) is 14.8. The molecule has 0 amide bonds. The lowest BCUT2D eigenvalue weighted by Gasteiger charge is -2.30. The molecule has 0 aromatic carbocycles. The van der Waals surface area contributed by atoms with Crippen LogP contribution in [-0.4, -0.2) is 34.7 Å². The average Bonchev–Trinajstić information content (AvgIpc) is 2.37. The molecule has 1 aliphatic rings. The molecule has 1 saturated carbocycles. The summed E-state index contributed by atoms with van der Waals surface area (Å²) in [6.45, 7) is 6.95. The molecule has 20 heavy (non-hydrogen) atoms. The molecule has 2 rings (SSSR count). The molecular weight excluding hydrogens is 256 g/mol. The molecule has 112 valence electrons. The molecule has 0 spiro atoms. The van der Waals surface area contributed by atoms with Gasteiger partial charge in [-0.25, -0.2) is 0 Å². The molecule has 1 aromatic heterocycles. The molecule has 1 N–H and O–H groups in total. The predicted molar refractivity (Wildman–Crippen MR) is 77.1 cm³/mol. The van der Waals surface area contributed by atoms with Gasteiger partial charge in [0.25, 0.3) is 0 Å². The molecular formula is C14H24N4O2. The van der Waals surface area contributed by atoms with Crippen molar-refractivity contribution in [3.63, 3.8) is 0 Å². The molecule has 0 radical (unpaired) electrons. The van der Waals surface area contributed by atoms with Crippen LogP contribution in [0.25, 0.3) is 0 Å². The Kier molecular flexibility index (Phi) is 4.98. The highest BCUT2D eigenvalue weighted by molar-refractivity contribution is 5.26. The number of hydrogen-bond donors (Lipinski definition) is 1. The van der Waals surface area contributed by atoms with Gasteiger partial charge in [-0.1, -0.05) is 13.8 Å². The van der Waals surface area contributed by atoms with Crippen molar-refractivity contribution in [2.75, 3.05) is 19.0 Å². The lowest BCUT2D eigenvalue weighted by molar-refractivity contribution is 0.0908. The number of hydrogen-bond acceptors (Lipinski definition) is 6. The standard InChI is InChI=1S/C14H24N4O2/c1-5-19-13-16-12(15-4)17-14(18-13)20-11-7-9(2)6-10(3)8-11/h9-11H,5-8H2,1-4H3,(H,15,16,17,18). The van der Waals surface area contributed by atoms with Gasteiger partial charge in [-0.15, -0.1) is 4.98 Å². The summed E-state index contributed by atoms with van der Waals surface area (Å²) < 4.78 is 11.3. The fourth-order valence-corrected chi connectivity index (χ4v) is 2.81. The van der Waals surface area contributed by atoms with Crippen molar-refractivity contribution in [2.24, 2.45) is 11.8 Å². The Hall–Kier alpha value is -1.59. The second-order valence-electron chi connectivity index (χ2n) is 5.56. The second kappa shape index (κ2) is 6.72. The van der Waals surface area contributed by atoms with E-state index in [4.69, 9.17) is 9.47 Å². The van der Waals surface area contributed by atoms with Gasteiger partial charge >= 0.3 is 12.0 Å². The van der Waals surface area contributed by atoms with E-state index in [-0.39, 0.29) is 6.10 Å². The van der Waals surface area contributed by atoms with Crippen LogP contribution in [0.3, 0.4) is 0 Å². The van der Waals surface area contributed by atoms with Crippen LogP contribution in [0.2, 0.25) is 0 Å². The third-order valence-electron chi connectivity index (χ3n) is 3.50. The fourth-order valence-electron chi connectivity index (χ4n) is 2.81. The summed E-state index contributed by atoms with van der Waals surface area (Å²) >= 11 is 0. The monoisotopic (exact) mass is 280 g/mol. The lowest BCUT2D eigenvalue weighted by atomic mass is 9.82. The van der Waals surface area contributed by atoms with Crippen LogP contribution < -0.4 is 14.8 Å². The highest BCUT2D eigenvalue weighted by atomic mass is 16.5. The van der Waals surface area contributed by atoms with Crippen molar-refractivity contribution in [1.82, 2.24) is 15.0 Å². The Morgan fingerprint density at radius 1 is 1.05 bits per heavy atom. The minimum Gasteiger partial charge on any atom is -0.464 e.